The van der Waals surface area contributed by atoms with Crippen molar-refractivity contribution in [2.75, 3.05) is 20.8 Å². The van der Waals surface area contributed by atoms with Crippen molar-refractivity contribution in [3.8, 4) is 11.5 Å². The summed E-state index contributed by atoms with van der Waals surface area (Å²) in [5.74, 6) is -2.68. The number of amides is 2. The Morgan fingerprint density at radius 1 is 1.36 bits per heavy atom. The topological polar surface area (TPSA) is 139 Å². The number of carbonyl (C=O) groups excluding carboxylic acids is 3. The van der Waals surface area contributed by atoms with Crippen molar-refractivity contribution in [3.05, 3.63) is 32.7 Å². The van der Waals surface area contributed by atoms with Gasteiger partial charge in [-0.3, -0.25) is 29.4 Å². The molecule has 1 aliphatic rings. The maximum absolute atomic E-state index is 12.2. The number of hydrogen-bond acceptors (Lipinski definition) is 9. The first-order chi connectivity index (χ1) is 11.8. The third-order valence-electron chi connectivity index (χ3n) is 3.16. The molecule has 0 radical (unpaired) electrons. The van der Waals surface area contributed by atoms with Gasteiger partial charge in [0.2, 0.25) is 0 Å². The van der Waals surface area contributed by atoms with Crippen LogP contribution in [0.15, 0.2) is 17.0 Å². The fourth-order valence-corrected chi connectivity index (χ4v) is 2.80. The maximum Gasteiger partial charge on any atom is 0.325 e. The Morgan fingerprint density at radius 3 is 2.60 bits per heavy atom. The van der Waals surface area contributed by atoms with Gasteiger partial charge in [0, 0.05) is 11.8 Å². The summed E-state index contributed by atoms with van der Waals surface area (Å²) in [6.45, 7) is -0.540. The van der Waals surface area contributed by atoms with Crippen LogP contribution in [0.3, 0.4) is 0 Å². The molecule has 11 heteroatoms. The first kappa shape index (κ1) is 18.3. The van der Waals surface area contributed by atoms with Gasteiger partial charge >= 0.3 is 5.97 Å². The van der Waals surface area contributed by atoms with Gasteiger partial charge in [-0.15, -0.1) is 0 Å². The Bertz CT molecular complexity index is 804. The van der Waals surface area contributed by atoms with Crippen molar-refractivity contribution in [3.63, 3.8) is 0 Å². The molecule has 2 rings (SSSR count). The second-order valence-electron chi connectivity index (χ2n) is 4.67. The van der Waals surface area contributed by atoms with Crippen LogP contribution < -0.4 is 9.84 Å². The number of imide groups is 1. The molecule has 0 atom stereocenters. The zero-order valence-electron chi connectivity index (χ0n) is 13.0. The summed E-state index contributed by atoms with van der Waals surface area (Å²) >= 11 is 0.563. The minimum absolute atomic E-state index is 0.0519. The lowest BCUT2D eigenvalue weighted by molar-refractivity contribution is -0.398. The molecule has 0 N–H and O–H groups in total. The van der Waals surface area contributed by atoms with Gasteiger partial charge in [-0.25, -0.2) is 0 Å². The Morgan fingerprint density at radius 2 is 2.04 bits per heavy atom. The molecule has 1 heterocycles. The van der Waals surface area contributed by atoms with Gasteiger partial charge in [-0.05, 0) is 29.5 Å². The number of thioether (sulfide) groups is 1. The average molecular weight is 367 g/mol. The SMILES string of the molecule is COC(=O)CN1C(=O)S/C(=C/c2cc(OC)c([O-])c([N+](=O)[O-])c2)C1=O. The van der Waals surface area contributed by atoms with Crippen LogP contribution in [-0.2, 0) is 14.3 Å². The minimum atomic E-state index is -0.900. The monoisotopic (exact) mass is 367 g/mol. The van der Waals surface area contributed by atoms with E-state index in [0.29, 0.717) is 16.7 Å². The molecule has 2 amide bonds. The summed E-state index contributed by atoms with van der Waals surface area (Å²) in [6, 6.07) is 2.18. The molecule has 25 heavy (non-hydrogen) atoms. The molecule has 1 aromatic carbocycles. The highest BCUT2D eigenvalue weighted by atomic mass is 32.2. The van der Waals surface area contributed by atoms with Crippen LogP contribution in [0, 0.1) is 10.1 Å². The third-order valence-corrected chi connectivity index (χ3v) is 4.07. The van der Waals surface area contributed by atoms with Gasteiger partial charge in [0.05, 0.1) is 24.0 Å². The van der Waals surface area contributed by atoms with Gasteiger partial charge in [0.1, 0.15) is 12.3 Å². The first-order valence-electron chi connectivity index (χ1n) is 6.64. The number of esters is 1. The molecule has 0 unspecified atom stereocenters. The molecule has 0 saturated carbocycles. The van der Waals surface area contributed by atoms with E-state index in [9.17, 15) is 29.6 Å². The van der Waals surface area contributed by atoms with Gasteiger partial charge in [0.25, 0.3) is 16.8 Å². The third kappa shape index (κ3) is 3.71. The molecule has 0 aliphatic carbocycles. The summed E-state index contributed by atoms with van der Waals surface area (Å²) in [6.07, 6.45) is 1.21. The molecular weight excluding hydrogens is 356 g/mol. The van der Waals surface area contributed by atoms with Crippen LogP contribution in [0.5, 0.6) is 11.5 Å². The summed E-state index contributed by atoms with van der Waals surface area (Å²) in [5.41, 5.74) is -0.592. The lowest BCUT2D eigenvalue weighted by Crippen LogP contribution is -2.34. The van der Waals surface area contributed by atoms with Crippen molar-refractivity contribution in [2.24, 2.45) is 0 Å². The Hall–Kier alpha value is -3.08. The van der Waals surface area contributed by atoms with E-state index in [-0.39, 0.29) is 16.2 Å². The second-order valence-corrected chi connectivity index (χ2v) is 5.67. The highest BCUT2D eigenvalue weighted by Crippen LogP contribution is 2.37. The van der Waals surface area contributed by atoms with E-state index >= 15 is 0 Å². The number of rotatable bonds is 5. The summed E-state index contributed by atoms with van der Waals surface area (Å²) in [7, 11) is 2.29. The molecule has 132 valence electrons. The molecule has 1 aliphatic heterocycles. The number of nitro benzene ring substituents is 1. The first-order valence-corrected chi connectivity index (χ1v) is 7.45. The van der Waals surface area contributed by atoms with E-state index < -0.39 is 40.0 Å². The van der Waals surface area contributed by atoms with Gasteiger partial charge in [-0.2, -0.15) is 0 Å². The molecule has 1 fully saturated rings. The van der Waals surface area contributed by atoms with E-state index in [4.69, 9.17) is 4.74 Å². The molecule has 0 bridgehead atoms. The summed E-state index contributed by atoms with van der Waals surface area (Å²) < 4.78 is 9.21. The normalized spacial score (nSPS) is 15.6. The predicted octanol–water partition coefficient (Wildman–Crippen LogP) is 0.886. The van der Waals surface area contributed by atoms with Crippen LogP contribution in [0.1, 0.15) is 5.56 Å². The molecule has 1 saturated heterocycles. The molecule has 10 nitrogen and oxygen atoms in total. The lowest BCUT2D eigenvalue weighted by Gasteiger charge is -2.13. The maximum atomic E-state index is 12.2. The lowest BCUT2D eigenvalue weighted by atomic mass is 10.1. The summed E-state index contributed by atoms with van der Waals surface area (Å²) in [4.78, 5) is 46.0. The number of nitrogens with zero attached hydrogens (tertiary/aromatic N) is 2. The van der Waals surface area contributed by atoms with E-state index in [1.807, 2.05) is 0 Å². The van der Waals surface area contributed by atoms with Gasteiger partial charge in [0.15, 0.2) is 0 Å². The largest absolute Gasteiger partial charge is 0.865 e. The number of ether oxygens (including phenoxy) is 2. The fourth-order valence-electron chi connectivity index (χ4n) is 1.96. The van der Waals surface area contributed by atoms with Crippen molar-refractivity contribution in [1.82, 2.24) is 4.90 Å². The Kier molecular flexibility index (Phi) is 5.27. The highest BCUT2D eigenvalue weighted by molar-refractivity contribution is 8.18. The number of carbonyl (C=O) groups is 3. The average Bonchev–Trinajstić information content (AvgIpc) is 2.83. The predicted molar refractivity (Wildman–Crippen MR) is 83.8 cm³/mol. The zero-order chi connectivity index (χ0) is 18.7. The molecular formula is C14H11N2O8S-. The Balaban J connectivity index is 2.39. The minimum Gasteiger partial charge on any atom is -0.865 e. The standard InChI is InChI=1S/C14H12N2O8S/c1-23-9-4-7(3-8(12(9)18)16(21)22)5-10-13(19)15(14(20)25-10)6-11(17)24-2/h3-5,18H,6H2,1-2H3/p-1/b10-5+. The smallest absolute Gasteiger partial charge is 0.325 e. The van der Waals surface area contributed by atoms with Crippen molar-refractivity contribution in [2.45, 2.75) is 0 Å². The number of benzene rings is 1. The van der Waals surface area contributed by atoms with E-state index in [0.717, 1.165) is 13.2 Å². The molecule has 0 aromatic heterocycles. The van der Waals surface area contributed by atoms with E-state index in [1.165, 1.54) is 19.3 Å². The van der Waals surface area contributed by atoms with Crippen LogP contribution in [0.25, 0.3) is 6.08 Å². The van der Waals surface area contributed by atoms with Crippen molar-refractivity contribution >= 4 is 40.6 Å². The number of nitro groups is 1. The number of methoxy groups -OCH3 is 2. The van der Waals surface area contributed by atoms with Gasteiger partial charge in [-0.1, -0.05) is 0 Å². The number of hydrogen-bond donors (Lipinski definition) is 0. The quantitative estimate of drug-likeness (QED) is 0.321. The second kappa shape index (κ2) is 7.21. The Labute approximate surface area is 145 Å². The fraction of sp³-hybridized carbons (Fsp3) is 0.214. The van der Waals surface area contributed by atoms with E-state index in [1.54, 1.807) is 0 Å². The van der Waals surface area contributed by atoms with Crippen molar-refractivity contribution < 1.29 is 33.9 Å². The van der Waals surface area contributed by atoms with Crippen molar-refractivity contribution in [1.29, 1.82) is 0 Å². The van der Waals surface area contributed by atoms with Crippen LogP contribution in [0.2, 0.25) is 0 Å². The molecule has 0 spiro atoms. The van der Waals surface area contributed by atoms with Crippen LogP contribution in [-0.4, -0.2) is 47.7 Å². The highest BCUT2D eigenvalue weighted by Gasteiger charge is 2.36. The zero-order valence-corrected chi connectivity index (χ0v) is 13.8. The van der Waals surface area contributed by atoms with Crippen LogP contribution >= 0.6 is 11.8 Å². The van der Waals surface area contributed by atoms with E-state index in [2.05, 4.69) is 4.74 Å². The molecule has 1 aromatic rings. The summed E-state index contributed by atoms with van der Waals surface area (Å²) in [5, 5.41) is 22.0. The van der Waals surface area contributed by atoms with Crippen LogP contribution in [0.4, 0.5) is 10.5 Å². The van der Waals surface area contributed by atoms with Gasteiger partial charge < -0.3 is 14.6 Å².